The average Bonchev–Trinajstić information content (AvgIpc) is 2.80. The van der Waals surface area contributed by atoms with Gasteiger partial charge >= 0.3 is 0 Å². The lowest BCUT2D eigenvalue weighted by atomic mass is 10.0. The second-order valence-electron chi connectivity index (χ2n) is 4.75. The van der Waals surface area contributed by atoms with Crippen molar-refractivity contribution in [3.05, 3.63) is 53.6 Å². The minimum atomic E-state index is -0.193. The van der Waals surface area contributed by atoms with Crippen molar-refractivity contribution in [2.24, 2.45) is 7.05 Å². The van der Waals surface area contributed by atoms with Gasteiger partial charge in [0.25, 0.3) is 0 Å². The second-order valence-corrected chi connectivity index (χ2v) is 4.75. The van der Waals surface area contributed by atoms with E-state index >= 15 is 0 Å². The van der Waals surface area contributed by atoms with Crippen molar-refractivity contribution < 1.29 is 4.39 Å². The van der Waals surface area contributed by atoms with Crippen LogP contribution in [0.25, 0.3) is 0 Å². The van der Waals surface area contributed by atoms with Crippen LogP contribution in [0.3, 0.4) is 0 Å². The Balaban J connectivity index is 2.15. The van der Waals surface area contributed by atoms with Gasteiger partial charge in [0.1, 0.15) is 5.82 Å². The maximum absolute atomic E-state index is 13.3. The normalized spacial score (nSPS) is 12.6. The number of nitrogens with one attached hydrogen (secondary N) is 1. The van der Waals surface area contributed by atoms with Gasteiger partial charge in [0.2, 0.25) is 0 Å². The van der Waals surface area contributed by atoms with Crippen molar-refractivity contribution in [2.75, 3.05) is 6.54 Å². The van der Waals surface area contributed by atoms with E-state index in [9.17, 15) is 4.39 Å². The Labute approximate surface area is 113 Å². The number of rotatable bonds is 6. The first-order chi connectivity index (χ1) is 9.19. The number of benzene rings is 1. The van der Waals surface area contributed by atoms with Gasteiger partial charge in [-0.3, -0.25) is 4.68 Å². The van der Waals surface area contributed by atoms with Crippen LogP contribution in [-0.4, -0.2) is 16.3 Å². The van der Waals surface area contributed by atoms with Gasteiger partial charge in [-0.2, -0.15) is 5.10 Å². The zero-order chi connectivity index (χ0) is 13.7. The van der Waals surface area contributed by atoms with Crippen molar-refractivity contribution >= 4 is 0 Å². The van der Waals surface area contributed by atoms with Crippen LogP contribution in [0.1, 0.15) is 30.6 Å². The van der Waals surface area contributed by atoms with Crippen LogP contribution in [0.5, 0.6) is 0 Å². The van der Waals surface area contributed by atoms with Crippen LogP contribution in [0, 0.1) is 5.82 Å². The van der Waals surface area contributed by atoms with Crippen molar-refractivity contribution in [3.8, 4) is 0 Å². The van der Waals surface area contributed by atoms with E-state index < -0.39 is 0 Å². The van der Waals surface area contributed by atoms with Gasteiger partial charge in [0.05, 0.1) is 5.69 Å². The molecule has 102 valence electrons. The molecular formula is C15H20FN3. The Bertz CT molecular complexity index is 522. The predicted octanol–water partition coefficient (Wildman–Crippen LogP) is 2.84. The molecule has 1 atom stereocenters. The molecule has 19 heavy (non-hydrogen) atoms. The first-order valence-electron chi connectivity index (χ1n) is 6.66. The molecular weight excluding hydrogens is 241 g/mol. The highest BCUT2D eigenvalue weighted by atomic mass is 19.1. The summed E-state index contributed by atoms with van der Waals surface area (Å²) in [5.41, 5.74) is 1.99. The highest BCUT2D eigenvalue weighted by Crippen LogP contribution is 2.18. The molecule has 3 nitrogen and oxygen atoms in total. The minimum Gasteiger partial charge on any atom is -0.310 e. The molecule has 0 saturated heterocycles. The van der Waals surface area contributed by atoms with E-state index in [1.165, 1.54) is 6.07 Å². The van der Waals surface area contributed by atoms with Crippen molar-refractivity contribution in [3.63, 3.8) is 0 Å². The molecule has 4 heteroatoms. The van der Waals surface area contributed by atoms with E-state index in [4.69, 9.17) is 0 Å². The Morgan fingerprint density at radius 3 is 2.84 bits per heavy atom. The van der Waals surface area contributed by atoms with E-state index in [2.05, 4.69) is 17.3 Å². The molecule has 1 heterocycles. The van der Waals surface area contributed by atoms with Gasteiger partial charge in [-0.15, -0.1) is 0 Å². The lowest BCUT2D eigenvalue weighted by Gasteiger charge is -2.18. The van der Waals surface area contributed by atoms with Gasteiger partial charge in [0.15, 0.2) is 0 Å². The topological polar surface area (TPSA) is 29.9 Å². The molecule has 0 aliphatic carbocycles. The summed E-state index contributed by atoms with van der Waals surface area (Å²) < 4.78 is 15.1. The summed E-state index contributed by atoms with van der Waals surface area (Å²) in [4.78, 5) is 0. The molecule has 0 fully saturated rings. The standard InChI is InChI=1S/C15H20FN3/c1-3-8-17-15(11-14-7-9-19(2)18-14)12-5-4-6-13(16)10-12/h4-7,9-10,15,17H,3,8,11H2,1-2H3. The molecule has 0 amide bonds. The Kier molecular flexibility index (Phi) is 4.68. The smallest absolute Gasteiger partial charge is 0.123 e. The fourth-order valence-corrected chi connectivity index (χ4v) is 2.13. The summed E-state index contributed by atoms with van der Waals surface area (Å²) in [5, 5.41) is 7.84. The zero-order valence-electron chi connectivity index (χ0n) is 11.4. The molecule has 0 aliphatic rings. The molecule has 1 N–H and O–H groups in total. The first-order valence-corrected chi connectivity index (χ1v) is 6.66. The SMILES string of the molecule is CCCNC(Cc1ccn(C)n1)c1cccc(F)c1. The quantitative estimate of drug-likeness (QED) is 0.866. The lowest BCUT2D eigenvalue weighted by molar-refractivity contribution is 0.516. The summed E-state index contributed by atoms with van der Waals surface area (Å²) in [6, 6.07) is 8.88. The van der Waals surface area contributed by atoms with E-state index in [1.54, 1.807) is 16.8 Å². The average molecular weight is 261 g/mol. The third-order valence-electron chi connectivity index (χ3n) is 3.07. The molecule has 0 spiro atoms. The van der Waals surface area contributed by atoms with Crippen molar-refractivity contribution in [1.82, 2.24) is 15.1 Å². The summed E-state index contributed by atoms with van der Waals surface area (Å²) in [5.74, 6) is -0.193. The van der Waals surface area contributed by atoms with Crippen LogP contribution in [0.2, 0.25) is 0 Å². The summed E-state index contributed by atoms with van der Waals surface area (Å²) in [6.45, 7) is 3.03. The van der Waals surface area contributed by atoms with Crippen molar-refractivity contribution in [1.29, 1.82) is 0 Å². The Morgan fingerprint density at radius 1 is 1.37 bits per heavy atom. The molecule has 2 rings (SSSR count). The van der Waals surface area contributed by atoms with Gasteiger partial charge in [-0.05, 0) is 36.7 Å². The Morgan fingerprint density at radius 2 is 2.21 bits per heavy atom. The third-order valence-corrected chi connectivity index (χ3v) is 3.07. The van der Waals surface area contributed by atoms with E-state index in [0.29, 0.717) is 0 Å². The molecule has 0 aliphatic heterocycles. The minimum absolute atomic E-state index is 0.102. The summed E-state index contributed by atoms with van der Waals surface area (Å²) in [6.07, 6.45) is 3.75. The van der Waals surface area contributed by atoms with Crippen LogP contribution < -0.4 is 5.32 Å². The number of aromatic nitrogens is 2. The van der Waals surface area contributed by atoms with Crippen LogP contribution in [0.4, 0.5) is 4.39 Å². The summed E-state index contributed by atoms with van der Waals surface area (Å²) >= 11 is 0. The maximum Gasteiger partial charge on any atom is 0.123 e. The largest absolute Gasteiger partial charge is 0.310 e. The van der Waals surface area contributed by atoms with Crippen molar-refractivity contribution in [2.45, 2.75) is 25.8 Å². The fourth-order valence-electron chi connectivity index (χ4n) is 2.13. The number of halogens is 1. The zero-order valence-corrected chi connectivity index (χ0v) is 11.4. The van der Waals surface area contributed by atoms with Gasteiger partial charge in [0, 0.05) is 25.7 Å². The number of aryl methyl sites for hydroxylation is 1. The first kappa shape index (κ1) is 13.7. The monoisotopic (exact) mass is 261 g/mol. The highest BCUT2D eigenvalue weighted by molar-refractivity contribution is 5.22. The second kappa shape index (κ2) is 6.48. The van der Waals surface area contributed by atoms with Gasteiger partial charge in [-0.25, -0.2) is 4.39 Å². The van der Waals surface area contributed by atoms with Crippen LogP contribution in [-0.2, 0) is 13.5 Å². The molecule has 1 aromatic carbocycles. The molecule has 1 aromatic heterocycles. The molecule has 2 aromatic rings. The van der Waals surface area contributed by atoms with Gasteiger partial charge < -0.3 is 5.32 Å². The van der Waals surface area contributed by atoms with E-state index in [-0.39, 0.29) is 11.9 Å². The highest BCUT2D eigenvalue weighted by Gasteiger charge is 2.13. The number of nitrogens with zero attached hydrogens (tertiary/aromatic N) is 2. The third kappa shape index (κ3) is 3.89. The Hall–Kier alpha value is -1.68. The molecule has 0 bridgehead atoms. The molecule has 0 saturated carbocycles. The maximum atomic E-state index is 13.3. The summed E-state index contributed by atoms with van der Waals surface area (Å²) in [7, 11) is 1.90. The van der Waals surface area contributed by atoms with Gasteiger partial charge in [-0.1, -0.05) is 19.1 Å². The molecule has 1 unspecified atom stereocenters. The number of hydrogen-bond acceptors (Lipinski definition) is 2. The lowest BCUT2D eigenvalue weighted by Crippen LogP contribution is -2.24. The molecule has 0 radical (unpaired) electrons. The van der Waals surface area contributed by atoms with Crippen LogP contribution >= 0.6 is 0 Å². The predicted molar refractivity (Wildman–Crippen MR) is 74.3 cm³/mol. The van der Waals surface area contributed by atoms with E-state index in [0.717, 1.165) is 30.6 Å². The van der Waals surface area contributed by atoms with E-state index in [1.807, 2.05) is 25.4 Å². The number of hydrogen-bond donors (Lipinski definition) is 1. The van der Waals surface area contributed by atoms with Crippen LogP contribution in [0.15, 0.2) is 36.5 Å². The fraction of sp³-hybridized carbons (Fsp3) is 0.400.